The van der Waals surface area contributed by atoms with Crippen molar-refractivity contribution in [2.45, 2.75) is 44.6 Å². The topological polar surface area (TPSA) is 91.4 Å². The summed E-state index contributed by atoms with van der Waals surface area (Å²) >= 11 is 7.22. The average Bonchev–Trinajstić information content (AvgIpc) is 3.16. The lowest BCUT2D eigenvalue weighted by Crippen LogP contribution is -2.50. The first-order chi connectivity index (χ1) is 13.4. The number of hydrogen-bond donors (Lipinski definition) is 2. The molecule has 4 amide bonds. The van der Waals surface area contributed by atoms with Gasteiger partial charge in [0, 0.05) is 10.6 Å². The van der Waals surface area contributed by atoms with E-state index in [0.717, 1.165) is 29.8 Å². The zero-order chi connectivity index (χ0) is 19.9. The number of amides is 4. The third-order valence-electron chi connectivity index (χ3n) is 5.16. The van der Waals surface area contributed by atoms with E-state index in [0.29, 0.717) is 33.4 Å². The Kier molecular flexibility index (Phi) is 4.84. The molecule has 2 fully saturated rings. The number of benzene rings is 1. The maximum atomic E-state index is 12.8. The number of imide groups is 1. The second-order valence-electron chi connectivity index (χ2n) is 7.10. The van der Waals surface area contributed by atoms with E-state index in [1.54, 1.807) is 19.1 Å². The Hall–Kier alpha value is -2.45. The molecule has 1 aromatic heterocycles. The van der Waals surface area contributed by atoms with Crippen molar-refractivity contribution in [3.63, 3.8) is 0 Å². The summed E-state index contributed by atoms with van der Waals surface area (Å²) in [6.07, 6.45) is 4.00. The molecule has 2 N–H and O–H groups in total. The van der Waals surface area contributed by atoms with Crippen LogP contribution in [0.25, 0.3) is 10.6 Å². The molecule has 1 aromatic carbocycles. The summed E-state index contributed by atoms with van der Waals surface area (Å²) < 4.78 is 0. The summed E-state index contributed by atoms with van der Waals surface area (Å²) in [5.41, 5.74) is 2.91. The minimum atomic E-state index is -0.878. The van der Waals surface area contributed by atoms with Gasteiger partial charge in [-0.05, 0) is 31.9 Å². The summed E-state index contributed by atoms with van der Waals surface area (Å²) in [5, 5.41) is 4.81. The SMILES string of the molecule is Cc1nc(-c2cccc(Cl)c2)sc1C(=O)NN1C(=O)NC2(CCCCC2)C1=O. The molecule has 28 heavy (non-hydrogen) atoms. The highest BCUT2D eigenvalue weighted by molar-refractivity contribution is 7.17. The first kappa shape index (κ1) is 18.9. The molecule has 1 saturated heterocycles. The monoisotopic (exact) mass is 418 g/mol. The van der Waals surface area contributed by atoms with Gasteiger partial charge in [0.15, 0.2) is 0 Å². The van der Waals surface area contributed by atoms with Crippen LogP contribution in [-0.2, 0) is 4.79 Å². The Bertz CT molecular complexity index is 968. The van der Waals surface area contributed by atoms with Gasteiger partial charge in [-0.1, -0.05) is 43.0 Å². The van der Waals surface area contributed by atoms with Crippen LogP contribution in [0.5, 0.6) is 0 Å². The molecule has 0 unspecified atom stereocenters. The van der Waals surface area contributed by atoms with E-state index in [-0.39, 0.29) is 5.91 Å². The number of aromatic nitrogens is 1. The molecule has 0 atom stereocenters. The highest BCUT2D eigenvalue weighted by Crippen LogP contribution is 2.33. The van der Waals surface area contributed by atoms with Crippen molar-refractivity contribution in [1.82, 2.24) is 20.7 Å². The molecule has 1 saturated carbocycles. The van der Waals surface area contributed by atoms with E-state index in [1.165, 1.54) is 11.3 Å². The maximum absolute atomic E-state index is 12.8. The predicted molar refractivity (Wildman–Crippen MR) is 106 cm³/mol. The van der Waals surface area contributed by atoms with Crippen molar-refractivity contribution in [2.75, 3.05) is 0 Å². The van der Waals surface area contributed by atoms with Gasteiger partial charge in [0.1, 0.15) is 15.4 Å². The molecule has 1 spiro atoms. The Morgan fingerprint density at radius 1 is 1.29 bits per heavy atom. The van der Waals surface area contributed by atoms with E-state index in [1.807, 2.05) is 12.1 Å². The quantitative estimate of drug-likeness (QED) is 0.744. The normalized spacial score (nSPS) is 18.4. The minimum Gasteiger partial charge on any atom is -0.322 e. The molecule has 0 bridgehead atoms. The molecular formula is C19H19ClN4O3S. The summed E-state index contributed by atoms with van der Waals surface area (Å²) in [7, 11) is 0. The average molecular weight is 419 g/mol. The lowest BCUT2D eigenvalue weighted by atomic mass is 9.82. The van der Waals surface area contributed by atoms with E-state index in [4.69, 9.17) is 11.6 Å². The highest BCUT2D eigenvalue weighted by Gasteiger charge is 2.52. The number of hydrazine groups is 1. The second kappa shape index (κ2) is 7.18. The number of rotatable bonds is 3. The number of aryl methyl sites for hydroxylation is 1. The lowest BCUT2D eigenvalue weighted by molar-refractivity contribution is -0.134. The first-order valence-electron chi connectivity index (χ1n) is 9.11. The van der Waals surface area contributed by atoms with Crippen molar-refractivity contribution >= 4 is 40.8 Å². The molecule has 0 radical (unpaired) electrons. The number of urea groups is 1. The molecule has 1 aliphatic heterocycles. The first-order valence-corrected chi connectivity index (χ1v) is 10.3. The van der Waals surface area contributed by atoms with Gasteiger partial charge in [-0.15, -0.1) is 11.3 Å². The third-order valence-corrected chi connectivity index (χ3v) is 6.60. The Morgan fingerprint density at radius 3 is 2.75 bits per heavy atom. The van der Waals surface area contributed by atoms with Crippen LogP contribution in [0.2, 0.25) is 5.02 Å². The molecule has 1 aliphatic carbocycles. The number of carbonyl (C=O) groups is 3. The van der Waals surface area contributed by atoms with Crippen molar-refractivity contribution in [3.05, 3.63) is 39.9 Å². The number of carbonyl (C=O) groups excluding carboxylic acids is 3. The number of thiazole rings is 1. The fourth-order valence-corrected chi connectivity index (χ4v) is 4.86. The van der Waals surface area contributed by atoms with Crippen LogP contribution in [0.15, 0.2) is 24.3 Å². The van der Waals surface area contributed by atoms with E-state index in [9.17, 15) is 14.4 Å². The molecule has 7 nitrogen and oxygen atoms in total. The number of nitrogens with one attached hydrogen (secondary N) is 2. The summed E-state index contributed by atoms with van der Waals surface area (Å²) in [6, 6.07) is 6.61. The molecule has 146 valence electrons. The minimum absolute atomic E-state index is 0.347. The standard InChI is InChI=1S/C19H19ClN4O3S/c1-11-14(28-16(21-11)12-6-5-7-13(20)10-12)15(25)23-24-17(26)19(22-18(24)27)8-3-2-4-9-19/h5-7,10H,2-4,8-9H2,1H3,(H,22,27)(H,23,25). The van der Waals surface area contributed by atoms with Crippen LogP contribution in [0.4, 0.5) is 4.79 Å². The van der Waals surface area contributed by atoms with Gasteiger partial charge in [-0.25, -0.2) is 9.78 Å². The summed E-state index contributed by atoms with van der Waals surface area (Å²) in [4.78, 5) is 42.7. The number of nitrogens with zero attached hydrogens (tertiary/aromatic N) is 2. The zero-order valence-electron chi connectivity index (χ0n) is 15.3. The Balaban J connectivity index is 1.54. The van der Waals surface area contributed by atoms with Gasteiger partial charge >= 0.3 is 6.03 Å². The smallest absolute Gasteiger partial charge is 0.322 e. The summed E-state index contributed by atoms with van der Waals surface area (Å²) in [5.74, 6) is -0.914. The van der Waals surface area contributed by atoms with Crippen molar-refractivity contribution in [3.8, 4) is 10.6 Å². The number of hydrogen-bond acceptors (Lipinski definition) is 5. The van der Waals surface area contributed by atoms with Crippen molar-refractivity contribution in [2.24, 2.45) is 0 Å². The molecule has 4 rings (SSSR count). The largest absolute Gasteiger partial charge is 0.344 e. The summed E-state index contributed by atoms with van der Waals surface area (Å²) in [6.45, 7) is 1.72. The van der Waals surface area contributed by atoms with Crippen LogP contribution in [0.1, 0.15) is 47.5 Å². The molecule has 9 heteroatoms. The van der Waals surface area contributed by atoms with Gasteiger partial charge in [-0.2, -0.15) is 5.01 Å². The maximum Gasteiger partial charge on any atom is 0.344 e. The van der Waals surface area contributed by atoms with Crippen LogP contribution in [0.3, 0.4) is 0 Å². The fourth-order valence-electron chi connectivity index (χ4n) is 3.72. The van der Waals surface area contributed by atoms with Crippen LogP contribution in [0, 0.1) is 6.92 Å². The van der Waals surface area contributed by atoms with Gasteiger partial charge in [0.05, 0.1) is 5.69 Å². The van der Waals surface area contributed by atoms with Crippen LogP contribution in [-0.4, -0.2) is 33.4 Å². The molecule has 2 heterocycles. The number of halogens is 1. The van der Waals surface area contributed by atoms with Gasteiger partial charge in [0.25, 0.3) is 11.8 Å². The van der Waals surface area contributed by atoms with E-state index in [2.05, 4.69) is 15.7 Å². The van der Waals surface area contributed by atoms with Gasteiger partial charge in [-0.3, -0.25) is 15.0 Å². The second-order valence-corrected chi connectivity index (χ2v) is 8.53. The van der Waals surface area contributed by atoms with Crippen molar-refractivity contribution in [1.29, 1.82) is 0 Å². The molecule has 2 aromatic rings. The predicted octanol–water partition coefficient (Wildman–Crippen LogP) is 3.67. The lowest BCUT2D eigenvalue weighted by Gasteiger charge is -2.30. The Morgan fingerprint density at radius 2 is 2.04 bits per heavy atom. The van der Waals surface area contributed by atoms with Gasteiger partial charge < -0.3 is 5.32 Å². The van der Waals surface area contributed by atoms with Crippen LogP contribution < -0.4 is 10.7 Å². The Labute approximate surface area is 171 Å². The zero-order valence-corrected chi connectivity index (χ0v) is 16.8. The van der Waals surface area contributed by atoms with Gasteiger partial charge in [0.2, 0.25) is 0 Å². The van der Waals surface area contributed by atoms with E-state index < -0.39 is 17.5 Å². The molecular weight excluding hydrogens is 400 g/mol. The highest BCUT2D eigenvalue weighted by atomic mass is 35.5. The molecule has 2 aliphatic rings. The van der Waals surface area contributed by atoms with Crippen molar-refractivity contribution < 1.29 is 14.4 Å². The fraction of sp³-hybridized carbons (Fsp3) is 0.368. The van der Waals surface area contributed by atoms with E-state index >= 15 is 0 Å². The third kappa shape index (κ3) is 3.27. The van der Waals surface area contributed by atoms with Crippen LogP contribution >= 0.6 is 22.9 Å².